The highest BCUT2D eigenvalue weighted by Crippen LogP contribution is 2.03. The Bertz CT molecular complexity index is 567. The Morgan fingerprint density at radius 1 is 1.11 bits per heavy atom. The zero-order valence-corrected chi connectivity index (χ0v) is 11.3. The molecule has 0 saturated heterocycles. The van der Waals surface area contributed by atoms with Gasteiger partial charge in [0.05, 0.1) is 5.71 Å². The van der Waals surface area contributed by atoms with Gasteiger partial charge in [0, 0.05) is 18.1 Å². The van der Waals surface area contributed by atoms with Gasteiger partial charge >= 0.3 is 0 Å². The van der Waals surface area contributed by atoms with Crippen LogP contribution in [0.25, 0.3) is 0 Å². The molecule has 0 aliphatic heterocycles. The number of nitrogens with zero attached hydrogens (tertiary/aromatic N) is 2. The second-order valence-corrected chi connectivity index (χ2v) is 4.27. The fraction of sp³-hybridized carbons (Fsp3) is 0.0714. The Labute approximate surface area is 117 Å². The maximum absolute atomic E-state index is 5.15. The molecule has 19 heavy (non-hydrogen) atoms. The monoisotopic (exact) mass is 270 g/mol. The molecule has 0 amide bonds. The van der Waals surface area contributed by atoms with E-state index in [-0.39, 0.29) is 0 Å². The highest BCUT2D eigenvalue weighted by molar-refractivity contribution is 7.80. The lowest BCUT2D eigenvalue weighted by Gasteiger charge is -2.07. The molecule has 1 aromatic carbocycles. The molecule has 2 N–H and O–H groups in total. The van der Waals surface area contributed by atoms with Crippen LogP contribution in [0.2, 0.25) is 0 Å². The first-order valence-electron chi connectivity index (χ1n) is 5.82. The van der Waals surface area contributed by atoms with Crippen LogP contribution in [0.5, 0.6) is 0 Å². The highest BCUT2D eigenvalue weighted by Gasteiger charge is 1.98. The van der Waals surface area contributed by atoms with Crippen molar-refractivity contribution in [2.75, 3.05) is 5.32 Å². The van der Waals surface area contributed by atoms with Crippen LogP contribution in [0.15, 0.2) is 60.0 Å². The largest absolute Gasteiger partial charge is 0.331 e. The molecule has 0 aliphatic rings. The molecule has 4 nitrogen and oxygen atoms in total. The van der Waals surface area contributed by atoms with Crippen molar-refractivity contribution in [2.24, 2.45) is 5.10 Å². The van der Waals surface area contributed by atoms with Crippen LogP contribution < -0.4 is 10.7 Å². The quantitative estimate of drug-likeness (QED) is 0.511. The van der Waals surface area contributed by atoms with Crippen LogP contribution in [-0.4, -0.2) is 15.8 Å². The molecule has 2 rings (SSSR count). The summed E-state index contributed by atoms with van der Waals surface area (Å²) >= 11 is 5.15. The van der Waals surface area contributed by atoms with E-state index in [0.29, 0.717) is 5.11 Å². The molecule has 2 aromatic rings. The van der Waals surface area contributed by atoms with Crippen molar-refractivity contribution in [3.8, 4) is 0 Å². The van der Waals surface area contributed by atoms with Crippen LogP contribution in [0, 0.1) is 0 Å². The van der Waals surface area contributed by atoms with Crippen molar-refractivity contribution < 1.29 is 0 Å². The first-order chi connectivity index (χ1) is 9.25. The number of anilines is 1. The lowest BCUT2D eigenvalue weighted by molar-refractivity contribution is 1.04. The number of benzene rings is 1. The smallest absolute Gasteiger partial charge is 0.191 e. The van der Waals surface area contributed by atoms with Crippen LogP contribution in [0.3, 0.4) is 0 Å². The molecular weight excluding hydrogens is 256 g/mol. The van der Waals surface area contributed by atoms with Gasteiger partial charge in [-0.2, -0.15) is 5.10 Å². The summed E-state index contributed by atoms with van der Waals surface area (Å²) in [5.74, 6) is 0. The molecule has 0 atom stereocenters. The number of aromatic nitrogens is 1. The molecule has 0 radical (unpaired) electrons. The predicted octanol–water partition coefficient (Wildman–Crippen LogP) is 2.79. The summed E-state index contributed by atoms with van der Waals surface area (Å²) < 4.78 is 0. The molecule has 0 fully saturated rings. The van der Waals surface area contributed by atoms with Crippen LogP contribution in [0.1, 0.15) is 12.5 Å². The van der Waals surface area contributed by atoms with E-state index in [1.54, 1.807) is 12.4 Å². The minimum atomic E-state index is 0.446. The molecule has 0 unspecified atom stereocenters. The Balaban J connectivity index is 1.93. The molecule has 0 aliphatic carbocycles. The Kier molecular flexibility index (Phi) is 4.58. The Morgan fingerprint density at radius 3 is 2.47 bits per heavy atom. The van der Waals surface area contributed by atoms with Gasteiger partial charge in [0.1, 0.15) is 0 Å². The maximum atomic E-state index is 5.15. The minimum Gasteiger partial charge on any atom is -0.331 e. The third-order valence-electron chi connectivity index (χ3n) is 2.45. The Hall–Kier alpha value is -2.27. The fourth-order valence-corrected chi connectivity index (χ4v) is 1.64. The number of hydrogen-bond donors (Lipinski definition) is 2. The van der Waals surface area contributed by atoms with Crippen LogP contribution >= 0.6 is 12.2 Å². The summed E-state index contributed by atoms with van der Waals surface area (Å²) in [4.78, 5) is 3.94. The number of nitrogens with one attached hydrogen (secondary N) is 2. The molecule has 0 spiro atoms. The van der Waals surface area contributed by atoms with Gasteiger partial charge in [-0.1, -0.05) is 30.3 Å². The van der Waals surface area contributed by atoms with Gasteiger partial charge in [0.15, 0.2) is 5.11 Å². The van der Waals surface area contributed by atoms with E-state index in [1.165, 1.54) is 0 Å². The van der Waals surface area contributed by atoms with Crippen molar-refractivity contribution in [2.45, 2.75) is 6.92 Å². The number of rotatable bonds is 3. The highest BCUT2D eigenvalue weighted by atomic mass is 32.1. The van der Waals surface area contributed by atoms with Gasteiger partial charge < -0.3 is 5.32 Å². The molecule has 0 bridgehead atoms. The van der Waals surface area contributed by atoms with Crippen molar-refractivity contribution in [3.05, 3.63) is 60.4 Å². The van der Waals surface area contributed by atoms with E-state index in [9.17, 15) is 0 Å². The van der Waals surface area contributed by atoms with Crippen molar-refractivity contribution >= 4 is 28.7 Å². The van der Waals surface area contributed by atoms with E-state index in [2.05, 4.69) is 20.8 Å². The van der Waals surface area contributed by atoms with Gasteiger partial charge in [0.2, 0.25) is 0 Å². The summed E-state index contributed by atoms with van der Waals surface area (Å²) in [6.07, 6.45) is 3.40. The van der Waals surface area contributed by atoms with Crippen molar-refractivity contribution in [1.82, 2.24) is 10.4 Å². The van der Waals surface area contributed by atoms with Crippen molar-refractivity contribution in [1.29, 1.82) is 0 Å². The van der Waals surface area contributed by atoms with Crippen LogP contribution in [-0.2, 0) is 0 Å². The van der Waals surface area contributed by atoms with Gasteiger partial charge in [-0.05, 0) is 36.8 Å². The summed E-state index contributed by atoms with van der Waals surface area (Å²) in [6.45, 7) is 1.93. The fourth-order valence-electron chi connectivity index (χ4n) is 1.47. The van der Waals surface area contributed by atoms with Gasteiger partial charge in [-0.3, -0.25) is 10.4 Å². The average Bonchev–Trinajstić information content (AvgIpc) is 2.47. The molecule has 1 aromatic heterocycles. The molecule has 5 heteroatoms. The second-order valence-electron chi connectivity index (χ2n) is 3.87. The van der Waals surface area contributed by atoms with E-state index in [4.69, 9.17) is 12.2 Å². The zero-order valence-electron chi connectivity index (χ0n) is 10.5. The molecular formula is C14H14N4S. The maximum Gasteiger partial charge on any atom is 0.191 e. The summed E-state index contributed by atoms with van der Waals surface area (Å²) in [5.41, 5.74) is 5.62. The van der Waals surface area contributed by atoms with E-state index >= 15 is 0 Å². The van der Waals surface area contributed by atoms with E-state index in [0.717, 1.165) is 17.0 Å². The average molecular weight is 270 g/mol. The normalized spacial score (nSPS) is 10.9. The van der Waals surface area contributed by atoms with Gasteiger partial charge in [-0.15, -0.1) is 0 Å². The number of hydrogen-bond acceptors (Lipinski definition) is 3. The second kappa shape index (κ2) is 6.61. The zero-order chi connectivity index (χ0) is 13.5. The number of hydrazone groups is 1. The van der Waals surface area contributed by atoms with Gasteiger partial charge in [0.25, 0.3) is 0 Å². The third kappa shape index (κ3) is 4.15. The van der Waals surface area contributed by atoms with E-state index in [1.807, 2.05) is 49.4 Å². The van der Waals surface area contributed by atoms with Crippen molar-refractivity contribution in [3.63, 3.8) is 0 Å². The number of pyridine rings is 1. The molecule has 1 heterocycles. The first-order valence-corrected chi connectivity index (χ1v) is 6.23. The first kappa shape index (κ1) is 13.2. The summed E-state index contributed by atoms with van der Waals surface area (Å²) in [7, 11) is 0. The molecule has 0 saturated carbocycles. The van der Waals surface area contributed by atoms with Gasteiger partial charge in [-0.25, -0.2) is 0 Å². The minimum absolute atomic E-state index is 0.446. The SMILES string of the molecule is C/C(=N/NC(=S)Nc1ccncc1)c1ccccc1. The summed E-state index contributed by atoms with van der Waals surface area (Å²) in [5, 5.41) is 7.71. The summed E-state index contributed by atoms with van der Waals surface area (Å²) in [6, 6.07) is 13.6. The van der Waals surface area contributed by atoms with E-state index < -0.39 is 0 Å². The lowest BCUT2D eigenvalue weighted by atomic mass is 10.1. The third-order valence-corrected chi connectivity index (χ3v) is 2.65. The standard InChI is InChI=1S/C14H14N4S/c1-11(12-5-3-2-4-6-12)17-18-14(19)16-13-7-9-15-10-8-13/h2-10H,1H3,(H2,15,16,18,19)/b17-11-. The Morgan fingerprint density at radius 2 is 1.79 bits per heavy atom. The molecule has 96 valence electrons. The number of thiocarbonyl (C=S) groups is 1. The van der Waals surface area contributed by atoms with Crippen LogP contribution in [0.4, 0.5) is 5.69 Å². The lowest BCUT2D eigenvalue weighted by Crippen LogP contribution is -2.24. The predicted molar refractivity (Wildman–Crippen MR) is 82.2 cm³/mol. The topological polar surface area (TPSA) is 49.3 Å².